The summed E-state index contributed by atoms with van der Waals surface area (Å²) in [5.74, 6) is -0.0514. The molecule has 2 N–H and O–H groups in total. The summed E-state index contributed by atoms with van der Waals surface area (Å²) in [4.78, 5) is 17.9. The Morgan fingerprint density at radius 2 is 2.03 bits per heavy atom. The lowest BCUT2D eigenvalue weighted by molar-refractivity contribution is -0.147. The third kappa shape index (κ3) is 5.13. The molecule has 1 aliphatic rings. The molecule has 0 spiro atoms. The van der Waals surface area contributed by atoms with E-state index in [9.17, 15) is 9.90 Å². The quantitative estimate of drug-likeness (QED) is 0.596. The largest absolute Gasteiger partial charge is 0.459 e. The second-order valence-electron chi connectivity index (χ2n) is 6.92. The fourth-order valence-electron chi connectivity index (χ4n) is 3.18. The number of anilines is 1. The third-order valence-electron chi connectivity index (χ3n) is 4.75. The minimum Gasteiger partial charge on any atom is -0.459 e. The van der Waals surface area contributed by atoms with Crippen molar-refractivity contribution >= 4 is 22.9 Å². The number of pyridine rings is 1. The van der Waals surface area contributed by atoms with Gasteiger partial charge in [-0.3, -0.25) is 9.78 Å². The minimum atomic E-state index is -0.547. The van der Waals surface area contributed by atoms with Gasteiger partial charge in [0.25, 0.3) is 5.91 Å². The molecule has 0 aliphatic carbocycles. The Hall–Kier alpha value is -3.00. The second kappa shape index (κ2) is 9.67. The van der Waals surface area contributed by atoms with E-state index in [2.05, 4.69) is 16.4 Å². The van der Waals surface area contributed by atoms with Gasteiger partial charge in [-0.1, -0.05) is 30.3 Å². The zero-order valence-electron chi connectivity index (χ0n) is 16.2. The van der Waals surface area contributed by atoms with Crippen LogP contribution < -0.4 is 5.32 Å². The van der Waals surface area contributed by atoms with E-state index in [4.69, 9.17) is 9.47 Å². The van der Waals surface area contributed by atoms with E-state index in [0.29, 0.717) is 18.7 Å². The third-order valence-corrected chi connectivity index (χ3v) is 5.75. The Balaban J connectivity index is 1.46. The Kier molecular flexibility index (Phi) is 6.53. The number of aliphatic hydroxyl groups excluding tert-OH is 1. The van der Waals surface area contributed by atoms with Crippen LogP contribution in [0.5, 0.6) is 0 Å². The number of thiophene rings is 1. The fourth-order valence-corrected chi connectivity index (χ4v) is 3.99. The average molecular weight is 423 g/mol. The van der Waals surface area contributed by atoms with E-state index in [1.54, 1.807) is 35.9 Å². The van der Waals surface area contributed by atoms with Crippen molar-refractivity contribution in [3.63, 3.8) is 0 Å². The van der Waals surface area contributed by atoms with E-state index in [1.165, 1.54) is 0 Å². The number of carbonyl (C=O) groups excluding carboxylic acids is 1. The molecule has 154 valence electrons. The molecule has 3 heterocycles. The van der Waals surface area contributed by atoms with Crippen molar-refractivity contribution in [3.8, 4) is 0 Å². The summed E-state index contributed by atoms with van der Waals surface area (Å²) in [7, 11) is 0. The number of hydrogen-bond acceptors (Lipinski definition) is 6. The van der Waals surface area contributed by atoms with Gasteiger partial charge >= 0.3 is 0 Å². The van der Waals surface area contributed by atoms with Gasteiger partial charge in [-0.2, -0.15) is 0 Å². The van der Waals surface area contributed by atoms with Gasteiger partial charge in [0, 0.05) is 23.4 Å². The molecule has 4 rings (SSSR count). The summed E-state index contributed by atoms with van der Waals surface area (Å²) in [5.41, 5.74) is 2.42. The molecule has 0 saturated heterocycles. The highest BCUT2D eigenvalue weighted by Crippen LogP contribution is 2.34. The van der Waals surface area contributed by atoms with Crippen LogP contribution in [0.4, 0.5) is 5.69 Å². The molecule has 30 heavy (non-hydrogen) atoms. The number of nitrogens with one attached hydrogen (secondary N) is 1. The van der Waals surface area contributed by atoms with Crippen LogP contribution in [0.2, 0.25) is 0 Å². The van der Waals surface area contributed by atoms with Gasteiger partial charge in [0.2, 0.25) is 6.29 Å². The van der Waals surface area contributed by atoms with Gasteiger partial charge in [0.05, 0.1) is 25.1 Å². The first-order valence-corrected chi connectivity index (χ1v) is 10.5. The van der Waals surface area contributed by atoms with Crippen molar-refractivity contribution in [2.45, 2.75) is 31.8 Å². The van der Waals surface area contributed by atoms with Crippen LogP contribution in [0.25, 0.3) is 0 Å². The Bertz CT molecular complexity index is 988. The number of carbonyl (C=O) groups is 1. The zero-order chi connectivity index (χ0) is 20.8. The van der Waals surface area contributed by atoms with Crippen molar-refractivity contribution in [2.75, 3.05) is 5.32 Å². The molecule has 0 unspecified atom stereocenters. The second-order valence-corrected chi connectivity index (χ2v) is 7.90. The number of amides is 1. The van der Waals surface area contributed by atoms with E-state index in [-0.39, 0.29) is 24.2 Å². The molecule has 3 aromatic rings. The van der Waals surface area contributed by atoms with Crippen LogP contribution in [0.3, 0.4) is 0 Å². The number of benzene rings is 1. The standard InChI is InChI=1S/C23H22N2O4S/c26-14-16-5-7-17(8-6-16)15-28-22-12-18(21-4-2-10-30-21)11-20(29-22)23(27)25-19-3-1-9-24-13-19/h1-11,13,18,22,26H,12,14-15H2,(H,25,27)/t18-,22+/m1/s1. The molecule has 1 amide bonds. The number of allylic oxidation sites excluding steroid dienone is 1. The highest BCUT2D eigenvalue weighted by atomic mass is 32.1. The van der Waals surface area contributed by atoms with E-state index in [1.807, 2.05) is 41.8 Å². The molecule has 7 heteroatoms. The van der Waals surface area contributed by atoms with Gasteiger partial charge in [-0.15, -0.1) is 11.3 Å². The highest BCUT2D eigenvalue weighted by Gasteiger charge is 2.29. The predicted molar refractivity (Wildman–Crippen MR) is 115 cm³/mol. The maximum Gasteiger partial charge on any atom is 0.290 e. The molecule has 0 bridgehead atoms. The minimum absolute atomic E-state index is 0.00949. The lowest BCUT2D eigenvalue weighted by Crippen LogP contribution is -2.29. The SMILES string of the molecule is O=C(Nc1cccnc1)C1=C[C@@H](c2cccs2)C[C@@H](OCc2ccc(CO)cc2)O1. The fraction of sp³-hybridized carbons (Fsp3) is 0.217. The van der Waals surface area contributed by atoms with E-state index >= 15 is 0 Å². The van der Waals surface area contributed by atoms with Gasteiger partial charge in [-0.05, 0) is 40.8 Å². The van der Waals surface area contributed by atoms with Crippen LogP contribution in [-0.4, -0.2) is 22.3 Å². The first-order chi connectivity index (χ1) is 14.7. The Labute approximate surface area is 178 Å². The summed E-state index contributed by atoms with van der Waals surface area (Å²) in [6.45, 7) is 0.362. The molecule has 2 aromatic heterocycles. The van der Waals surface area contributed by atoms with Crippen LogP contribution in [0, 0.1) is 0 Å². The summed E-state index contributed by atoms with van der Waals surface area (Å²) in [6, 6.07) is 15.1. The monoisotopic (exact) mass is 422 g/mol. The number of hydrogen-bond donors (Lipinski definition) is 2. The zero-order valence-corrected chi connectivity index (χ0v) is 17.0. The van der Waals surface area contributed by atoms with Gasteiger partial charge in [0.1, 0.15) is 0 Å². The van der Waals surface area contributed by atoms with Crippen LogP contribution in [0.1, 0.15) is 28.3 Å². The molecule has 1 aliphatic heterocycles. The van der Waals surface area contributed by atoms with Crippen molar-refractivity contribution in [2.24, 2.45) is 0 Å². The molecular weight excluding hydrogens is 400 g/mol. The van der Waals surface area contributed by atoms with E-state index in [0.717, 1.165) is 16.0 Å². The number of ether oxygens (including phenoxy) is 2. The number of nitrogens with zero attached hydrogens (tertiary/aromatic N) is 1. The van der Waals surface area contributed by atoms with Crippen LogP contribution >= 0.6 is 11.3 Å². The van der Waals surface area contributed by atoms with Crippen molar-refractivity contribution in [1.29, 1.82) is 0 Å². The first kappa shape index (κ1) is 20.3. The van der Waals surface area contributed by atoms with Crippen LogP contribution in [0.15, 0.2) is 78.1 Å². The highest BCUT2D eigenvalue weighted by molar-refractivity contribution is 7.10. The number of aliphatic hydroxyl groups is 1. The lowest BCUT2D eigenvalue weighted by Gasteiger charge is -2.28. The van der Waals surface area contributed by atoms with Crippen molar-refractivity contribution in [1.82, 2.24) is 4.98 Å². The van der Waals surface area contributed by atoms with Crippen molar-refractivity contribution < 1.29 is 19.4 Å². The normalized spacial score (nSPS) is 18.4. The van der Waals surface area contributed by atoms with Crippen molar-refractivity contribution in [3.05, 3.63) is 94.1 Å². The number of aromatic nitrogens is 1. The average Bonchev–Trinajstić information content (AvgIpc) is 3.34. The molecule has 0 radical (unpaired) electrons. The maximum atomic E-state index is 12.8. The summed E-state index contributed by atoms with van der Waals surface area (Å²) >= 11 is 1.65. The number of rotatable bonds is 7. The smallest absolute Gasteiger partial charge is 0.290 e. The predicted octanol–water partition coefficient (Wildman–Crippen LogP) is 4.20. The molecular formula is C23H22N2O4S. The Morgan fingerprint density at radius 3 is 2.73 bits per heavy atom. The molecule has 2 atom stereocenters. The lowest BCUT2D eigenvalue weighted by atomic mass is 9.99. The summed E-state index contributed by atoms with van der Waals surface area (Å²) < 4.78 is 11.9. The Morgan fingerprint density at radius 1 is 1.20 bits per heavy atom. The van der Waals surface area contributed by atoms with Gasteiger partial charge < -0.3 is 19.9 Å². The van der Waals surface area contributed by atoms with Gasteiger partial charge in [0.15, 0.2) is 5.76 Å². The molecule has 6 nitrogen and oxygen atoms in total. The first-order valence-electron chi connectivity index (χ1n) is 9.65. The summed E-state index contributed by atoms with van der Waals surface area (Å²) in [6.07, 6.45) is 5.17. The molecule has 0 fully saturated rings. The summed E-state index contributed by atoms with van der Waals surface area (Å²) in [5, 5.41) is 14.0. The maximum absolute atomic E-state index is 12.8. The molecule has 1 aromatic carbocycles. The molecule has 0 saturated carbocycles. The van der Waals surface area contributed by atoms with Gasteiger partial charge in [-0.25, -0.2) is 0 Å². The van der Waals surface area contributed by atoms with Crippen LogP contribution in [-0.2, 0) is 27.5 Å². The topological polar surface area (TPSA) is 80.7 Å². The van der Waals surface area contributed by atoms with E-state index < -0.39 is 6.29 Å².